The zero-order valence-corrected chi connectivity index (χ0v) is 12.6. The molecular formula is C17H13ClN2O2. The van der Waals surface area contributed by atoms with Crippen LogP contribution in [0.4, 0.5) is 5.69 Å². The fourth-order valence-corrected chi connectivity index (χ4v) is 2.29. The van der Waals surface area contributed by atoms with Crippen molar-refractivity contribution in [1.29, 1.82) is 0 Å². The second kappa shape index (κ2) is 6.03. The Bertz CT molecular complexity index is 795. The van der Waals surface area contributed by atoms with Crippen molar-refractivity contribution in [2.45, 2.75) is 6.92 Å². The predicted octanol–water partition coefficient (Wildman–Crippen LogP) is 4.56. The lowest BCUT2D eigenvalue weighted by atomic mass is 10.1. The van der Waals surface area contributed by atoms with Crippen LogP contribution < -0.4 is 5.32 Å². The van der Waals surface area contributed by atoms with E-state index in [9.17, 15) is 4.79 Å². The van der Waals surface area contributed by atoms with Gasteiger partial charge in [-0.1, -0.05) is 47.1 Å². The first kappa shape index (κ1) is 14.4. The average Bonchev–Trinajstić information content (AvgIpc) is 2.91. The summed E-state index contributed by atoms with van der Waals surface area (Å²) in [5, 5.41) is 7.47. The number of hydrogen-bond donors (Lipinski definition) is 1. The van der Waals surface area contributed by atoms with Gasteiger partial charge in [0.05, 0.1) is 0 Å². The summed E-state index contributed by atoms with van der Waals surface area (Å²) in [4.78, 5) is 12.5. The van der Waals surface area contributed by atoms with E-state index < -0.39 is 0 Å². The zero-order chi connectivity index (χ0) is 15.5. The summed E-state index contributed by atoms with van der Waals surface area (Å²) in [7, 11) is 0. The van der Waals surface area contributed by atoms with E-state index in [0.717, 1.165) is 11.3 Å². The van der Waals surface area contributed by atoms with Crippen LogP contribution in [-0.2, 0) is 0 Å². The number of para-hydroxylation sites is 1. The molecule has 0 radical (unpaired) electrons. The van der Waals surface area contributed by atoms with Crippen LogP contribution in [0.25, 0.3) is 11.3 Å². The highest BCUT2D eigenvalue weighted by Crippen LogP contribution is 2.27. The Morgan fingerprint density at radius 2 is 1.77 bits per heavy atom. The van der Waals surface area contributed by atoms with E-state index >= 15 is 0 Å². The molecule has 0 unspecified atom stereocenters. The molecule has 0 spiro atoms. The van der Waals surface area contributed by atoms with Gasteiger partial charge in [-0.2, -0.15) is 0 Å². The fraction of sp³-hybridized carbons (Fsp3) is 0.0588. The zero-order valence-electron chi connectivity index (χ0n) is 11.8. The van der Waals surface area contributed by atoms with Crippen LogP contribution in [0, 0.1) is 6.92 Å². The molecule has 1 amide bonds. The molecule has 0 saturated carbocycles. The molecule has 1 N–H and O–H groups in total. The van der Waals surface area contributed by atoms with Crippen LogP contribution in [0.3, 0.4) is 0 Å². The van der Waals surface area contributed by atoms with Crippen LogP contribution in [0.2, 0.25) is 5.02 Å². The van der Waals surface area contributed by atoms with Crippen LogP contribution >= 0.6 is 11.6 Å². The minimum Gasteiger partial charge on any atom is -0.360 e. The molecular weight excluding hydrogens is 300 g/mol. The second-order valence-electron chi connectivity index (χ2n) is 4.79. The van der Waals surface area contributed by atoms with Crippen molar-refractivity contribution in [3.63, 3.8) is 0 Å². The summed E-state index contributed by atoms with van der Waals surface area (Å²) in [6.45, 7) is 1.71. The van der Waals surface area contributed by atoms with Crippen molar-refractivity contribution in [3.8, 4) is 11.3 Å². The van der Waals surface area contributed by atoms with E-state index in [2.05, 4.69) is 10.5 Å². The molecule has 0 fully saturated rings. The standard InChI is InChI=1S/C17H13ClN2O2/c1-11-15(17(21)19-14-5-3-2-4-6-14)16(20-22-11)12-7-9-13(18)10-8-12/h2-10H,1H3,(H,19,21). The Balaban J connectivity index is 1.95. The van der Waals surface area contributed by atoms with Gasteiger partial charge in [-0.15, -0.1) is 0 Å². The lowest BCUT2D eigenvalue weighted by molar-refractivity contribution is 0.102. The summed E-state index contributed by atoms with van der Waals surface area (Å²) >= 11 is 5.89. The van der Waals surface area contributed by atoms with Crippen LogP contribution in [0.5, 0.6) is 0 Å². The summed E-state index contributed by atoms with van der Waals surface area (Å²) in [5.41, 5.74) is 2.42. The van der Waals surface area contributed by atoms with Gasteiger partial charge in [-0.05, 0) is 31.2 Å². The number of rotatable bonds is 3. The van der Waals surface area contributed by atoms with Gasteiger partial charge in [0, 0.05) is 16.3 Å². The third-order valence-corrected chi connectivity index (χ3v) is 3.49. The van der Waals surface area contributed by atoms with Gasteiger partial charge in [0.15, 0.2) is 0 Å². The third-order valence-electron chi connectivity index (χ3n) is 3.24. The Labute approximate surface area is 132 Å². The SMILES string of the molecule is Cc1onc(-c2ccc(Cl)cc2)c1C(=O)Nc1ccccc1. The predicted molar refractivity (Wildman–Crippen MR) is 86.1 cm³/mol. The summed E-state index contributed by atoms with van der Waals surface area (Å²) in [5.74, 6) is 0.216. The van der Waals surface area contributed by atoms with Crippen molar-refractivity contribution >= 4 is 23.2 Å². The van der Waals surface area contributed by atoms with Gasteiger partial charge in [-0.25, -0.2) is 0 Å². The number of carbonyl (C=O) groups is 1. The number of nitrogens with one attached hydrogen (secondary N) is 1. The molecule has 0 bridgehead atoms. The highest BCUT2D eigenvalue weighted by molar-refractivity contribution is 6.30. The van der Waals surface area contributed by atoms with Crippen molar-refractivity contribution in [2.24, 2.45) is 0 Å². The van der Waals surface area contributed by atoms with Crippen molar-refractivity contribution < 1.29 is 9.32 Å². The Morgan fingerprint density at radius 3 is 2.45 bits per heavy atom. The van der Waals surface area contributed by atoms with Crippen LogP contribution in [-0.4, -0.2) is 11.1 Å². The molecule has 0 aliphatic rings. The van der Waals surface area contributed by atoms with Crippen molar-refractivity contribution in [2.75, 3.05) is 5.32 Å². The molecule has 2 aromatic carbocycles. The molecule has 3 aromatic rings. The van der Waals surface area contributed by atoms with Gasteiger partial charge in [0.2, 0.25) is 0 Å². The van der Waals surface area contributed by atoms with Crippen molar-refractivity contribution in [3.05, 3.63) is 70.9 Å². The van der Waals surface area contributed by atoms with Crippen LogP contribution in [0.15, 0.2) is 59.1 Å². The average molecular weight is 313 g/mol. The highest BCUT2D eigenvalue weighted by Gasteiger charge is 2.21. The molecule has 1 aromatic heterocycles. The van der Waals surface area contributed by atoms with Gasteiger partial charge in [0.1, 0.15) is 17.0 Å². The normalized spacial score (nSPS) is 10.5. The third kappa shape index (κ3) is 2.87. The van der Waals surface area contributed by atoms with E-state index in [0.29, 0.717) is 22.0 Å². The number of halogens is 1. The van der Waals surface area contributed by atoms with Crippen LogP contribution in [0.1, 0.15) is 16.1 Å². The van der Waals surface area contributed by atoms with Gasteiger partial charge in [0.25, 0.3) is 5.91 Å². The smallest absolute Gasteiger partial charge is 0.261 e. The largest absolute Gasteiger partial charge is 0.360 e. The first-order valence-corrected chi connectivity index (χ1v) is 7.11. The second-order valence-corrected chi connectivity index (χ2v) is 5.23. The maximum atomic E-state index is 12.5. The molecule has 0 atom stereocenters. The summed E-state index contributed by atoms with van der Waals surface area (Å²) in [6, 6.07) is 16.4. The Morgan fingerprint density at radius 1 is 1.09 bits per heavy atom. The number of aromatic nitrogens is 1. The highest BCUT2D eigenvalue weighted by atomic mass is 35.5. The Kier molecular flexibility index (Phi) is 3.94. The number of anilines is 1. The molecule has 1 heterocycles. The molecule has 110 valence electrons. The van der Waals surface area contributed by atoms with Crippen molar-refractivity contribution in [1.82, 2.24) is 5.16 Å². The van der Waals surface area contributed by atoms with E-state index in [1.165, 1.54) is 0 Å². The number of aryl methyl sites for hydroxylation is 1. The van der Waals surface area contributed by atoms with Gasteiger partial charge < -0.3 is 9.84 Å². The molecule has 22 heavy (non-hydrogen) atoms. The van der Waals surface area contributed by atoms with Gasteiger partial charge in [-0.3, -0.25) is 4.79 Å². The minimum absolute atomic E-state index is 0.255. The molecule has 4 nitrogen and oxygen atoms in total. The number of carbonyl (C=O) groups excluding carboxylic acids is 1. The first-order chi connectivity index (χ1) is 10.6. The minimum atomic E-state index is -0.255. The molecule has 3 rings (SSSR count). The Hall–Kier alpha value is -2.59. The van der Waals surface area contributed by atoms with E-state index in [1.807, 2.05) is 30.3 Å². The maximum Gasteiger partial charge on any atom is 0.261 e. The number of hydrogen-bond acceptors (Lipinski definition) is 3. The van der Waals surface area contributed by atoms with E-state index in [-0.39, 0.29) is 5.91 Å². The number of amides is 1. The van der Waals surface area contributed by atoms with Gasteiger partial charge >= 0.3 is 0 Å². The number of nitrogens with zero attached hydrogens (tertiary/aromatic N) is 1. The summed E-state index contributed by atoms with van der Waals surface area (Å²) in [6.07, 6.45) is 0. The molecule has 0 aliphatic carbocycles. The van der Waals surface area contributed by atoms with E-state index in [1.54, 1.807) is 31.2 Å². The quantitative estimate of drug-likeness (QED) is 0.771. The maximum absolute atomic E-state index is 12.5. The molecule has 0 saturated heterocycles. The molecule has 0 aliphatic heterocycles. The topological polar surface area (TPSA) is 55.1 Å². The fourth-order valence-electron chi connectivity index (χ4n) is 2.16. The lowest BCUT2D eigenvalue weighted by Crippen LogP contribution is -2.13. The first-order valence-electron chi connectivity index (χ1n) is 6.74. The van der Waals surface area contributed by atoms with E-state index in [4.69, 9.17) is 16.1 Å². The molecule has 5 heteroatoms. The lowest BCUT2D eigenvalue weighted by Gasteiger charge is -2.05. The number of benzene rings is 2. The monoisotopic (exact) mass is 312 g/mol. The summed E-state index contributed by atoms with van der Waals surface area (Å²) < 4.78 is 5.20.